The van der Waals surface area contributed by atoms with Crippen LogP contribution in [0.15, 0.2) is 30.3 Å². The summed E-state index contributed by atoms with van der Waals surface area (Å²) in [5, 5.41) is 0.171. The molecule has 0 aliphatic heterocycles. The Balaban J connectivity index is 2.45. The molecule has 0 fully saturated rings. The standard InChI is InChI=1S/C11H6Cl2F3N/c12-7-3-1-6(2-4-7)9-5-8(13)10(17-9)11(14,15)16/h1-5,17H. The maximum absolute atomic E-state index is 12.5. The third kappa shape index (κ3) is 2.58. The minimum absolute atomic E-state index is 0.305. The molecule has 0 aliphatic carbocycles. The SMILES string of the molecule is FC(F)(F)c1[nH]c(-c2ccc(Cl)cc2)cc1Cl. The van der Waals surface area contributed by atoms with Crippen LogP contribution >= 0.6 is 23.2 Å². The van der Waals surface area contributed by atoms with Crippen molar-refractivity contribution >= 4 is 23.2 Å². The maximum atomic E-state index is 12.5. The molecular weight excluding hydrogens is 274 g/mol. The monoisotopic (exact) mass is 279 g/mol. The summed E-state index contributed by atoms with van der Waals surface area (Å²) >= 11 is 11.2. The van der Waals surface area contributed by atoms with E-state index in [0.29, 0.717) is 16.3 Å². The summed E-state index contributed by atoms with van der Waals surface area (Å²) in [5.74, 6) is 0. The average molecular weight is 280 g/mol. The Kier molecular flexibility index (Phi) is 3.10. The molecule has 0 unspecified atom stereocenters. The van der Waals surface area contributed by atoms with Gasteiger partial charge < -0.3 is 4.98 Å². The first-order chi connectivity index (χ1) is 7.88. The molecule has 0 amide bonds. The van der Waals surface area contributed by atoms with Gasteiger partial charge in [-0.2, -0.15) is 13.2 Å². The highest BCUT2D eigenvalue weighted by atomic mass is 35.5. The Morgan fingerprint density at radius 3 is 2.06 bits per heavy atom. The number of hydrogen-bond donors (Lipinski definition) is 1. The van der Waals surface area contributed by atoms with Crippen molar-refractivity contribution in [3.63, 3.8) is 0 Å². The van der Waals surface area contributed by atoms with Gasteiger partial charge in [-0.3, -0.25) is 0 Å². The van der Waals surface area contributed by atoms with Gasteiger partial charge >= 0.3 is 6.18 Å². The fourth-order valence-electron chi connectivity index (χ4n) is 1.42. The van der Waals surface area contributed by atoms with Gasteiger partial charge in [0.2, 0.25) is 0 Å². The number of H-pyrrole nitrogens is 1. The van der Waals surface area contributed by atoms with Crippen molar-refractivity contribution in [3.8, 4) is 11.3 Å². The minimum Gasteiger partial charge on any atom is -0.350 e. The van der Waals surface area contributed by atoms with Crippen LogP contribution < -0.4 is 0 Å². The number of halogens is 5. The topological polar surface area (TPSA) is 15.8 Å². The third-order valence-corrected chi connectivity index (χ3v) is 2.76. The van der Waals surface area contributed by atoms with Crippen LogP contribution in [0.3, 0.4) is 0 Å². The fourth-order valence-corrected chi connectivity index (χ4v) is 1.81. The molecule has 0 spiro atoms. The van der Waals surface area contributed by atoms with Gasteiger partial charge in [-0.25, -0.2) is 0 Å². The van der Waals surface area contributed by atoms with Crippen molar-refractivity contribution in [2.24, 2.45) is 0 Å². The third-order valence-electron chi connectivity index (χ3n) is 2.21. The van der Waals surface area contributed by atoms with Crippen LogP contribution in [0.2, 0.25) is 10.0 Å². The second-order valence-corrected chi connectivity index (χ2v) is 4.25. The van der Waals surface area contributed by atoms with E-state index in [1.54, 1.807) is 24.3 Å². The number of alkyl halides is 3. The van der Waals surface area contributed by atoms with E-state index in [1.165, 1.54) is 6.07 Å². The molecule has 90 valence electrons. The van der Waals surface area contributed by atoms with E-state index >= 15 is 0 Å². The molecule has 1 aromatic heterocycles. The number of nitrogens with one attached hydrogen (secondary N) is 1. The van der Waals surface area contributed by atoms with E-state index in [1.807, 2.05) is 0 Å². The van der Waals surface area contributed by atoms with Crippen LogP contribution in [-0.2, 0) is 6.18 Å². The number of benzene rings is 1. The van der Waals surface area contributed by atoms with Gasteiger partial charge in [-0.1, -0.05) is 35.3 Å². The van der Waals surface area contributed by atoms with E-state index < -0.39 is 11.9 Å². The van der Waals surface area contributed by atoms with Gasteiger partial charge in [0.1, 0.15) is 5.69 Å². The van der Waals surface area contributed by atoms with Crippen LogP contribution in [0.1, 0.15) is 5.69 Å². The Hall–Kier alpha value is -1.13. The van der Waals surface area contributed by atoms with E-state index in [4.69, 9.17) is 23.2 Å². The first kappa shape index (κ1) is 12.3. The summed E-state index contributed by atoms with van der Waals surface area (Å²) in [6, 6.07) is 7.67. The van der Waals surface area contributed by atoms with Gasteiger partial charge in [0.05, 0.1) is 5.02 Å². The largest absolute Gasteiger partial charge is 0.432 e. The lowest BCUT2D eigenvalue weighted by molar-refractivity contribution is -0.140. The molecule has 1 aromatic carbocycles. The summed E-state index contributed by atoms with van der Waals surface area (Å²) in [4.78, 5) is 2.26. The van der Waals surface area contributed by atoms with Gasteiger partial charge in [0.15, 0.2) is 0 Å². The molecule has 0 bridgehead atoms. The van der Waals surface area contributed by atoms with E-state index in [2.05, 4.69) is 4.98 Å². The molecule has 17 heavy (non-hydrogen) atoms. The molecular formula is C11H6Cl2F3N. The van der Waals surface area contributed by atoms with Crippen molar-refractivity contribution in [3.05, 3.63) is 46.1 Å². The predicted molar refractivity (Wildman–Crippen MR) is 61.3 cm³/mol. The minimum atomic E-state index is -4.48. The average Bonchev–Trinajstić information content (AvgIpc) is 2.61. The van der Waals surface area contributed by atoms with Crippen molar-refractivity contribution < 1.29 is 13.2 Å². The second-order valence-electron chi connectivity index (χ2n) is 3.41. The van der Waals surface area contributed by atoms with Crippen LogP contribution in [0, 0.1) is 0 Å². The molecule has 1 heterocycles. The zero-order valence-electron chi connectivity index (χ0n) is 8.28. The van der Waals surface area contributed by atoms with Gasteiger partial charge in [0, 0.05) is 10.7 Å². The Bertz CT molecular complexity index is 529. The van der Waals surface area contributed by atoms with E-state index in [-0.39, 0.29) is 5.02 Å². The number of aromatic nitrogens is 1. The van der Waals surface area contributed by atoms with Crippen LogP contribution in [0.4, 0.5) is 13.2 Å². The molecule has 0 radical (unpaired) electrons. The molecule has 2 rings (SSSR count). The van der Waals surface area contributed by atoms with Gasteiger partial charge in [-0.05, 0) is 23.8 Å². The van der Waals surface area contributed by atoms with Crippen LogP contribution in [-0.4, -0.2) is 4.98 Å². The van der Waals surface area contributed by atoms with Crippen molar-refractivity contribution in [1.82, 2.24) is 4.98 Å². The lowest BCUT2D eigenvalue weighted by Gasteiger charge is -2.03. The second kappa shape index (κ2) is 4.27. The van der Waals surface area contributed by atoms with Crippen LogP contribution in [0.5, 0.6) is 0 Å². The Morgan fingerprint density at radius 1 is 1.00 bits per heavy atom. The Morgan fingerprint density at radius 2 is 1.59 bits per heavy atom. The highest BCUT2D eigenvalue weighted by Gasteiger charge is 2.35. The molecule has 0 saturated heterocycles. The molecule has 1 nitrogen and oxygen atoms in total. The molecule has 0 saturated carbocycles. The molecule has 1 N–H and O–H groups in total. The van der Waals surface area contributed by atoms with E-state index in [0.717, 1.165) is 0 Å². The lowest BCUT2D eigenvalue weighted by Crippen LogP contribution is -2.05. The molecule has 0 atom stereocenters. The van der Waals surface area contributed by atoms with Gasteiger partial charge in [0.25, 0.3) is 0 Å². The molecule has 6 heteroatoms. The van der Waals surface area contributed by atoms with Crippen molar-refractivity contribution in [2.45, 2.75) is 6.18 Å². The Labute approximate surface area is 105 Å². The zero-order valence-corrected chi connectivity index (χ0v) is 9.79. The molecule has 0 aliphatic rings. The zero-order chi connectivity index (χ0) is 12.6. The number of rotatable bonds is 1. The quantitative estimate of drug-likeness (QED) is 0.756. The highest BCUT2D eigenvalue weighted by Crippen LogP contribution is 2.36. The first-order valence-electron chi connectivity index (χ1n) is 4.59. The summed E-state index contributed by atoms with van der Waals surface area (Å²) in [6.45, 7) is 0. The first-order valence-corrected chi connectivity index (χ1v) is 5.35. The summed E-state index contributed by atoms with van der Waals surface area (Å²) < 4.78 is 37.5. The summed E-state index contributed by atoms with van der Waals surface area (Å²) in [5.41, 5.74) is -0.0464. The predicted octanol–water partition coefficient (Wildman–Crippen LogP) is 5.01. The normalized spacial score (nSPS) is 11.8. The summed E-state index contributed by atoms with van der Waals surface area (Å²) in [6.07, 6.45) is -4.48. The smallest absolute Gasteiger partial charge is 0.350 e. The molecule has 2 aromatic rings. The number of hydrogen-bond acceptors (Lipinski definition) is 0. The van der Waals surface area contributed by atoms with Crippen LogP contribution in [0.25, 0.3) is 11.3 Å². The van der Waals surface area contributed by atoms with Crippen molar-refractivity contribution in [2.75, 3.05) is 0 Å². The highest BCUT2D eigenvalue weighted by molar-refractivity contribution is 6.31. The van der Waals surface area contributed by atoms with Gasteiger partial charge in [-0.15, -0.1) is 0 Å². The van der Waals surface area contributed by atoms with Crippen molar-refractivity contribution in [1.29, 1.82) is 0 Å². The lowest BCUT2D eigenvalue weighted by atomic mass is 10.2. The summed E-state index contributed by atoms with van der Waals surface area (Å²) in [7, 11) is 0. The fraction of sp³-hybridized carbons (Fsp3) is 0.0909. The number of aromatic amines is 1. The van der Waals surface area contributed by atoms with E-state index in [9.17, 15) is 13.2 Å². The maximum Gasteiger partial charge on any atom is 0.432 e.